The number of nitrogens with one attached hydrogen (secondary N) is 1. The van der Waals surface area contributed by atoms with Gasteiger partial charge in [0.1, 0.15) is 6.54 Å². The van der Waals surface area contributed by atoms with Gasteiger partial charge in [0.15, 0.2) is 0 Å². The van der Waals surface area contributed by atoms with Crippen LogP contribution in [0.2, 0.25) is 0 Å². The van der Waals surface area contributed by atoms with Gasteiger partial charge in [0.25, 0.3) is 0 Å². The zero-order valence-corrected chi connectivity index (χ0v) is 9.94. The van der Waals surface area contributed by atoms with Crippen LogP contribution in [0.3, 0.4) is 0 Å². The number of carbonyl (C=O) groups is 1. The van der Waals surface area contributed by atoms with Crippen molar-refractivity contribution < 1.29 is 4.79 Å². The predicted octanol–water partition coefficient (Wildman–Crippen LogP) is 1.22. The van der Waals surface area contributed by atoms with E-state index in [1.807, 2.05) is 0 Å². The van der Waals surface area contributed by atoms with Crippen LogP contribution < -0.4 is 11.1 Å². The molecule has 5 heteroatoms. The van der Waals surface area contributed by atoms with Gasteiger partial charge in [-0.2, -0.15) is 5.10 Å². The number of primary amides is 1. The van der Waals surface area contributed by atoms with Gasteiger partial charge in [0, 0.05) is 12.7 Å². The van der Waals surface area contributed by atoms with Gasteiger partial charge in [-0.25, -0.2) is 0 Å². The molecule has 5 nitrogen and oxygen atoms in total. The van der Waals surface area contributed by atoms with E-state index in [0.717, 1.165) is 12.2 Å². The second-order valence-electron chi connectivity index (χ2n) is 3.96. The molecule has 0 atom stereocenters. The molecule has 0 aliphatic heterocycles. The van der Waals surface area contributed by atoms with Gasteiger partial charge in [-0.1, -0.05) is 26.7 Å². The first-order valence-corrected chi connectivity index (χ1v) is 5.70. The van der Waals surface area contributed by atoms with Crippen LogP contribution in [0.1, 0.15) is 26.7 Å². The molecule has 0 saturated heterocycles. The highest BCUT2D eigenvalue weighted by molar-refractivity contribution is 5.73. The highest BCUT2D eigenvalue weighted by Gasteiger charge is 2.04. The molecule has 0 fully saturated rings. The maximum Gasteiger partial charge on any atom is 0.239 e. The Balaban J connectivity index is 2.42. The zero-order valence-electron chi connectivity index (χ0n) is 9.94. The Hall–Kier alpha value is -1.52. The standard InChI is InChI=1S/C11H20N4O/c1-3-9(4-2)5-13-10-6-14-15(7-10)8-11(12)16/h6-7,9,13H,3-5,8H2,1-2H3,(H2,12,16). The number of amides is 1. The van der Waals surface area contributed by atoms with Crippen LogP contribution in [0.5, 0.6) is 0 Å². The van der Waals surface area contributed by atoms with E-state index in [1.54, 1.807) is 12.4 Å². The third-order valence-electron chi connectivity index (χ3n) is 2.70. The fourth-order valence-electron chi connectivity index (χ4n) is 1.54. The lowest BCUT2D eigenvalue weighted by Gasteiger charge is -2.12. The Morgan fingerprint density at radius 3 is 2.81 bits per heavy atom. The molecule has 0 aliphatic carbocycles. The Morgan fingerprint density at radius 2 is 2.25 bits per heavy atom. The van der Waals surface area contributed by atoms with Crippen LogP contribution in [0.25, 0.3) is 0 Å². The zero-order chi connectivity index (χ0) is 12.0. The van der Waals surface area contributed by atoms with Crippen molar-refractivity contribution in [2.75, 3.05) is 11.9 Å². The molecular formula is C11H20N4O. The first-order chi connectivity index (χ1) is 7.65. The van der Waals surface area contributed by atoms with Gasteiger partial charge < -0.3 is 11.1 Å². The summed E-state index contributed by atoms with van der Waals surface area (Å²) in [5.74, 6) is 0.300. The quantitative estimate of drug-likeness (QED) is 0.731. The molecule has 90 valence electrons. The summed E-state index contributed by atoms with van der Waals surface area (Å²) in [6.45, 7) is 5.45. The van der Waals surface area contributed by atoms with Gasteiger partial charge in [-0.15, -0.1) is 0 Å². The number of carbonyl (C=O) groups excluding carboxylic acids is 1. The topological polar surface area (TPSA) is 72.9 Å². The maximum atomic E-state index is 10.7. The molecule has 0 aromatic carbocycles. The molecule has 1 amide bonds. The largest absolute Gasteiger partial charge is 0.382 e. The molecule has 1 heterocycles. The lowest BCUT2D eigenvalue weighted by molar-refractivity contribution is -0.118. The lowest BCUT2D eigenvalue weighted by Crippen LogP contribution is -2.18. The third-order valence-corrected chi connectivity index (χ3v) is 2.70. The van der Waals surface area contributed by atoms with Crippen LogP contribution in [0.4, 0.5) is 5.69 Å². The van der Waals surface area contributed by atoms with Gasteiger partial charge in [0.05, 0.1) is 11.9 Å². The van der Waals surface area contributed by atoms with E-state index in [4.69, 9.17) is 5.73 Å². The number of rotatable bonds is 7. The minimum atomic E-state index is -0.380. The Labute approximate surface area is 96.0 Å². The summed E-state index contributed by atoms with van der Waals surface area (Å²) in [6, 6.07) is 0. The highest BCUT2D eigenvalue weighted by Crippen LogP contribution is 2.10. The van der Waals surface area contributed by atoms with Crippen molar-refractivity contribution in [1.82, 2.24) is 9.78 Å². The van der Waals surface area contributed by atoms with E-state index >= 15 is 0 Å². The van der Waals surface area contributed by atoms with Crippen molar-refractivity contribution in [2.24, 2.45) is 11.7 Å². The Kier molecular flexibility index (Phi) is 4.82. The summed E-state index contributed by atoms with van der Waals surface area (Å²) in [5, 5.41) is 7.34. The molecule has 0 radical (unpaired) electrons. The summed E-state index contributed by atoms with van der Waals surface area (Å²) in [6.07, 6.45) is 5.84. The Bertz CT molecular complexity index is 330. The second-order valence-corrected chi connectivity index (χ2v) is 3.96. The molecule has 1 aromatic rings. The van der Waals surface area contributed by atoms with E-state index in [0.29, 0.717) is 5.92 Å². The highest BCUT2D eigenvalue weighted by atomic mass is 16.1. The minimum absolute atomic E-state index is 0.132. The van der Waals surface area contributed by atoms with E-state index in [2.05, 4.69) is 24.3 Å². The molecule has 0 saturated carbocycles. The second kappa shape index (κ2) is 6.15. The van der Waals surface area contributed by atoms with Crippen molar-refractivity contribution >= 4 is 11.6 Å². The van der Waals surface area contributed by atoms with Gasteiger partial charge in [0.2, 0.25) is 5.91 Å². The van der Waals surface area contributed by atoms with E-state index in [1.165, 1.54) is 17.5 Å². The predicted molar refractivity (Wildman–Crippen MR) is 64.0 cm³/mol. The summed E-state index contributed by atoms with van der Waals surface area (Å²) >= 11 is 0. The molecule has 16 heavy (non-hydrogen) atoms. The summed E-state index contributed by atoms with van der Waals surface area (Å²) in [5.41, 5.74) is 6.02. The van der Waals surface area contributed by atoms with Crippen molar-refractivity contribution in [3.05, 3.63) is 12.4 Å². The van der Waals surface area contributed by atoms with Crippen molar-refractivity contribution in [3.8, 4) is 0 Å². The molecule has 3 N–H and O–H groups in total. The van der Waals surface area contributed by atoms with E-state index < -0.39 is 0 Å². The van der Waals surface area contributed by atoms with Crippen molar-refractivity contribution in [3.63, 3.8) is 0 Å². The van der Waals surface area contributed by atoms with Crippen LogP contribution in [-0.2, 0) is 11.3 Å². The maximum absolute atomic E-state index is 10.7. The monoisotopic (exact) mass is 224 g/mol. The average molecular weight is 224 g/mol. The molecule has 0 spiro atoms. The van der Waals surface area contributed by atoms with Gasteiger partial charge >= 0.3 is 0 Å². The first kappa shape index (κ1) is 12.5. The minimum Gasteiger partial charge on any atom is -0.382 e. The van der Waals surface area contributed by atoms with Crippen molar-refractivity contribution in [2.45, 2.75) is 33.2 Å². The van der Waals surface area contributed by atoms with Crippen LogP contribution >= 0.6 is 0 Å². The Morgan fingerprint density at radius 1 is 1.56 bits per heavy atom. The fourth-order valence-corrected chi connectivity index (χ4v) is 1.54. The van der Waals surface area contributed by atoms with Crippen LogP contribution in [0, 0.1) is 5.92 Å². The van der Waals surface area contributed by atoms with E-state index in [-0.39, 0.29) is 12.5 Å². The van der Waals surface area contributed by atoms with E-state index in [9.17, 15) is 4.79 Å². The van der Waals surface area contributed by atoms with Crippen LogP contribution in [0.15, 0.2) is 12.4 Å². The fraction of sp³-hybridized carbons (Fsp3) is 0.636. The SMILES string of the molecule is CCC(CC)CNc1cnn(CC(N)=O)c1. The summed E-state index contributed by atoms with van der Waals surface area (Å²) in [7, 11) is 0. The third kappa shape index (κ3) is 3.92. The molecule has 0 unspecified atom stereocenters. The lowest BCUT2D eigenvalue weighted by atomic mass is 10.0. The van der Waals surface area contributed by atoms with Crippen molar-refractivity contribution in [1.29, 1.82) is 0 Å². The van der Waals surface area contributed by atoms with Gasteiger partial charge in [-0.05, 0) is 5.92 Å². The molecule has 1 rings (SSSR count). The number of nitrogens with zero attached hydrogens (tertiary/aromatic N) is 2. The average Bonchev–Trinajstić information content (AvgIpc) is 2.66. The molecule has 0 aliphatic rings. The molecule has 0 bridgehead atoms. The number of hydrogen-bond acceptors (Lipinski definition) is 3. The smallest absolute Gasteiger partial charge is 0.239 e. The number of aromatic nitrogens is 2. The number of nitrogens with two attached hydrogens (primary N) is 1. The van der Waals surface area contributed by atoms with Gasteiger partial charge in [-0.3, -0.25) is 9.48 Å². The normalized spacial score (nSPS) is 10.7. The van der Waals surface area contributed by atoms with Crippen LogP contribution in [-0.4, -0.2) is 22.2 Å². The molecule has 1 aromatic heterocycles. The summed E-state index contributed by atoms with van der Waals surface area (Å²) in [4.78, 5) is 10.7. The summed E-state index contributed by atoms with van der Waals surface area (Å²) < 4.78 is 1.54. The number of anilines is 1. The first-order valence-electron chi connectivity index (χ1n) is 5.70. The number of hydrogen-bond donors (Lipinski definition) is 2. The molecular weight excluding hydrogens is 204 g/mol.